The van der Waals surface area contributed by atoms with E-state index >= 15 is 0 Å². The SMILES string of the molecule is CCCn1cncc1COc1cc(F)ccc1C(=O)O. The van der Waals surface area contributed by atoms with Crippen LogP contribution in [0.25, 0.3) is 0 Å². The highest BCUT2D eigenvalue weighted by Crippen LogP contribution is 2.21. The molecular formula is C14H15FN2O3. The van der Waals surface area contributed by atoms with Crippen LogP contribution in [0, 0.1) is 5.82 Å². The van der Waals surface area contributed by atoms with Crippen LogP contribution in [0.5, 0.6) is 5.75 Å². The summed E-state index contributed by atoms with van der Waals surface area (Å²) in [4.78, 5) is 15.1. The summed E-state index contributed by atoms with van der Waals surface area (Å²) in [6.45, 7) is 2.98. The Morgan fingerprint density at radius 2 is 2.30 bits per heavy atom. The zero-order chi connectivity index (χ0) is 14.5. The Balaban J connectivity index is 2.16. The van der Waals surface area contributed by atoms with Gasteiger partial charge in [0.2, 0.25) is 0 Å². The Morgan fingerprint density at radius 1 is 1.50 bits per heavy atom. The van der Waals surface area contributed by atoms with E-state index in [1.54, 1.807) is 12.5 Å². The van der Waals surface area contributed by atoms with E-state index in [0.29, 0.717) is 0 Å². The third-order valence-electron chi connectivity index (χ3n) is 2.81. The lowest BCUT2D eigenvalue weighted by Gasteiger charge is -2.11. The van der Waals surface area contributed by atoms with E-state index in [4.69, 9.17) is 9.84 Å². The summed E-state index contributed by atoms with van der Waals surface area (Å²) in [5, 5.41) is 9.03. The van der Waals surface area contributed by atoms with Crippen LogP contribution in [0.15, 0.2) is 30.7 Å². The lowest BCUT2D eigenvalue weighted by atomic mass is 10.2. The molecule has 2 aromatic rings. The number of carboxylic acids is 1. The van der Waals surface area contributed by atoms with E-state index in [2.05, 4.69) is 4.98 Å². The number of aromatic nitrogens is 2. The first-order valence-corrected chi connectivity index (χ1v) is 6.26. The molecule has 0 fully saturated rings. The predicted octanol–water partition coefficient (Wildman–Crippen LogP) is 2.71. The van der Waals surface area contributed by atoms with Crippen molar-refractivity contribution in [2.75, 3.05) is 0 Å². The number of nitrogens with zero attached hydrogens (tertiary/aromatic N) is 2. The van der Waals surface area contributed by atoms with Gasteiger partial charge in [0.1, 0.15) is 23.7 Å². The monoisotopic (exact) mass is 278 g/mol. The molecule has 1 heterocycles. The van der Waals surface area contributed by atoms with Crippen LogP contribution < -0.4 is 4.74 Å². The predicted molar refractivity (Wildman–Crippen MR) is 70.2 cm³/mol. The second kappa shape index (κ2) is 6.18. The highest BCUT2D eigenvalue weighted by Gasteiger charge is 2.13. The molecule has 0 radical (unpaired) electrons. The number of benzene rings is 1. The number of halogens is 1. The third-order valence-corrected chi connectivity index (χ3v) is 2.81. The van der Waals surface area contributed by atoms with Crippen molar-refractivity contribution < 1.29 is 19.0 Å². The van der Waals surface area contributed by atoms with Crippen LogP contribution in [0.1, 0.15) is 29.4 Å². The second-order valence-corrected chi connectivity index (χ2v) is 4.31. The van der Waals surface area contributed by atoms with Gasteiger partial charge in [-0.15, -0.1) is 0 Å². The minimum absolute atomic E-state index is 0.0155. The van der Waals surface area contributed by atoms with E-state index in [1.165, 1.54) is 6.07 Å². The van der Waals surface area contributed by atoms with Gasteiger partial charge in [-0.1, -0.05) is 6.92 Å². The molecule has 0 bridgehead atoms. The number of hydrogen-bond donors (Lipinski definition) is 1. The summed E-state index contributed by atoms with van der Waals surface area (Å²) < 4.78 is 20.5. The number of aromatic carboxylic acids is 1. The Hall–Kier alpha value is -2.37. The van der Waals surface area contributed by atoms with Crippen molar-refractivity contribution in [3.8, 4) is 5.75 Å². The van der Waals surface area contributed by atoms with Gasteiger partial charge in [0.15, 0.2) is 0 Å². The largest absolute Gasteiger partial charge is 0.486 e. The fraction of sp³-hybridized carbons (Fsp3) is 0.286. The van der Waals surface area contributed by atoms with Crippen molar-refractivity contribution in [1.82, 2.24) is 9.55 Å². The lowest BCUT2D eigenvalue weighted by molar-refractivity contribution is 0.0691. The molecule has 20 heavy (non-hydrogen) atoms. The maximum absolute atomic E-state index is 13.2. The second-order valence-electron chi connectivity index (χ2n) is 4.31. The molecule has 106 valence electrons. The summed E-state index contributed by atoms with van der Waals surface area (Å²) in [7, 11) is 0. The molecule has 0 saturated carbocycles. The van der Waals surface area contributed by atoms with E-state index in [-0.39, 0.29) is 17.9 Å². The van der Waals surface area contributed by atoms with Crippen molar-refractivity contribution in [2.24, 2.45) is 0 Å². The van der Waals surface area contributed by atoms with Crippen molar-refractivity contribution in [3.05, 3.63) is 47.8 Å². The number of rotatable bonds is 6. The van der Waals surface area contributed by atoms with Crippen molar-refractivity contribution >= 4 is 5.97 Å². The molecule has 2 rings (SSSR count). The first-order chi connectivity index (χ1) is 9.61. The standard InChI is InChI=1S/C14H15FN2O3/c1-2-5-17-9-16-7-11(17)8-20-13-6-10(15)3-4-12(13)14(18)19/h3-4,6-7,9H,2,5,8H2,1H3,(H,18,19). The van der Waals surface area contributed by atoms with E-state index in [1.807, 2.05) is 11.5 Å². The molecule has 0 amide bonds. The van der Waals surface area contributed by atoms with Gasteiger partial charge >= 0.3 is 5.97 Å². The van der Waals surface area contributed by atoms with Gasteiger partial charge < -0.3 is 14.4 Å². The molecule has 0 saturated heterocycles. The van der Waals surface area contributed by atoms with Crippen LogP contribution in [-0.2, 0) is 13.2 Å². The van der Waals surface area contributed by atoms with Crippen molar-refractivity contribution in [2.45, 2.75) is 26.5 Å². The molecule has 0 atom stereocenters. The first kappa shape index (κ1) is 14.0. The molecule has 1 aromatic heterocycles. The zero-order valence-corrected chi connectivity index (χ0v) is 11.0. The summed E-state index contributed by atoms with van der Waals surface area (Å²) in [5.41, 5.74) is 0.750. The summed E-state index contributed by atoms with van der Waals surface area (Å²) >= 11 is 0. The topological polar surface area (TPSA) is 64.4 Å². The number of carbonyl (C=O) groups is 1. The normalized spacial score (nSPS) is 10.5. The highest BCUT2D eigenvalue weighted by atomic mass is 19.1. The zero-order valence-electron chi connectivity index (χ0n) is 11.0. The third kappa shape index (κ3) is 3.14. The highest BCUT2D eigenvalue weighted by molar-refractivity contribution is 5.90. The van der Waals surface area contributed by atoms with Gasteiger partial charge in [-0.05, 0) is 18.6 Å². The Bertz CT molecular complexity index is 610. The smallest absolute Gasteiger partial charge is 0.339 e. The van der Waals surface area contributed by atoms with Gasteiger partial charge in [-0.2, -0.15) is 0 Å². The Morgan fingerprint density at radius 3 is 3.00 bits per heavy atom. The molecule has 6 heteroatoms. The number of aryl methyl sites for hydroxylation is 1. The molecule has 1 aromatic carbocycles. The van der Waals surface area contributed by atoms with Crippen molar-refractivity contribution in [3.63, 3.8) is 0 Å². The molecule has 1 N–H and O–H groups in total. The van der Waals surface area contributed by atoms with Crippen LogP contribution in [0.3, 0.4) is 0 Å². The van der Waals surface area contributed by atoms with Crippen LogP contribution in [-0.4, -0.2) is 20.6 Å². The van der Waals surface area contributed by atoms with Crippen LogP contribution in [0.2, 0.25) is 0 Å². The molecule has 0 aliphatic carbocycles. The average Bonchev–Trinajstić information content (AvgIpc) is 2.84. The average molecular weight is 278 g/mol. The first-order valence-electron chi connectivity index (χ1n) is 6.26. The molecule has 0 aliphatic heterocycles. The van der Waals surface area contributed by atoms with Crippen LogP contribution >= 0.6 is 0 Å². The minimum Gasteiger partial charge on any atom is -0.486 e. The number of hydrogen-bond acceptors (Lipinski definition) is 3. The number of imidazole rings is 1. The quantitative estimate of drug-likeness (QED) is 0.882. The number of carboxylic acid groups (broad SMARTS) is 1. The van der Waals surface area contributed by atoms with Gasteiger partial charge in [-0.3, -0.25) is 0 Å². The van der Waals surface area contributed by atoms with Crippen LogP contribution in [0.4, 0.5) is 4.39 Å². The fourth-order valence-electron chi connectivity index (χ4n) is 1.85. The fourth-order valence-corrected chi connectivity index (χ4v) is 1.85. The molecular weight excluding hydrogens is 263 g/mol. The van der Waals surface area contributed by atoms with E-state index in [9.17, 15) is 9.18 Å². The maximum Gasteiger partial charge on any atom is 0.339 e. The molecule has 5 nitrogen and oxygen atoms in total. The van der Waals surface area contributed by atoms with Gasteiger partial charge in [0.25, 0.3) is 0 Å². The van der Waals surface area contributed by atoms with E-state index < -0.39 is 11.8 Å². The van der Waals surface area contributed by atoms with Crippen molar-refractivity contribution in [1.29, 1.82) is 0 Å². The van der Waals surface area contributed by atoms with Gasteiger partial charge in [0.05, 0.1) is 18.2 Å². The molecule has 0 unspecified atom stereocenters. The summed E-state index contributed by atoms with van der Waals surface area (Å²) in [5.74, 6) is -1.67. The number of ether oxygens (including phenoxy) is 1. The van der Waals surface area contributed by atoms with Gasteiger partial charge in [0, 0.05) is 12.6 Å². The maximum atomic E-state index is 13.2. The molecule has 0 aliphatic rings. The van der Waals surface area contributed by atoms with Gasteiger partial charge in [-0.25, -0.2) is 14.2 Å². The van der Waals surface area contributed by atoms with E-state index in [0.717, 1.165) is 30.8 Å². The summed E-state index contributed by atoms with van der Waals surface area (Å²) in [6.07, 6.45) is 4.28. The lowest BCUT2D eigenvalue weighted by Crippen LogP contribution is -2.07. The molecule has 0 spiro atoms. The minimum atomic E-state index is -1.15. The Kier molecular flexibility index (Phi) is 4.34. The summed E-state index contributed by atoms with van der Waals surface area (Å²) in [6, 6.07) is 3.36. The Labute approximate surface area is 115 Å².